The Morgan fingerprint density at radius 2 is 1.75 bits per heavy atom. The smallest absolute Gasteiger partial charge is 0.263 e. The van der Waals surface area contributed by atoms with Gasteiger partial charge in [-0.25, -0.2) is 4.98 Å². The molecule has 1 unspecified atom stereocenters. The third kappa shape index (κ3) is 7.90. The molecular weight excluding hydrogens is 823 g/mol. The number of carbonyl (C=O) groups excluding carboxylic acids is 4. The number of halogens is 2. The van der Waals surface area contributed by atoms with E-state index in [0.717, 1.165) is 42.1 Å². The summed E-state index contributed by atoms with van der Waals surface area (Å²) < 4.78 is 19.2. The van der Waals surface area contributed by atoms with E-state index in [0.29, 0.717) is 50.2 Å². The number of hydrogen-bond donors (Lipinski definition) is 3. The molecule has 3 aromatic carbocycles. The average molecular weight is 864 g/mol. The van der Waals surface area contributed by atoms with Crippen LogP contribution >= 0.6 is 34.7 Å². The molecule has 0 bridgehead atoms. The molecule has 292 valence electrons. The van der Waals surface area contributed by atoms with Crippen LogP contribution in [0.2, 0.25) is 5.02 Å². The molecule has 1 atom stereocenters. The summed E-state index contributed by atoms with van der Waals surface area (Å²) >= 11 is 10.1. The number of rotatable bonds is 11. The number of piperidine rings is 2. The number of amides is 4. The Kier molecular flexibility index (Phi) is 11.2. The lowest BCUT2D eigenvalue weighted by molar-refractivity contribution is -0.136. The molecule has 4 heterocycles. The van der Waals surface area contributed by atoms with Crippen molar-refractivity contribution in [2.45, 2.75) is 44.3 Å². The number of carbonyl (C=O) groups is 4. The van der Waals surface area contributed by atoms with Gasteiger partial charge in [-0.1, -0.05) is 29.8 Å². The highest BCUT2D eigenvalue weighted by atomic mass is 79.9. The largest absolute Gasteiger partial charge is 0.494 e. The normalized spacial score (nSPS) is 17.7. The van der Waals surface area contributed by atoms with Crippen molar-refractivity contribution in [1.29, 1.82) is 0 Å². The van der Waals surface area contributed by atoms with Crippen LogP contribution in [-0.2, 0) is 20.7 Å². The maximum Gasteiger partial charge on any atom is 0.263 e. The molecule has 7 rings (SSSR count). The highest BCUT2D eigenvalue weighted by Crippen LogP contribution is 2.40. The van der Waals surface area contributed by atoms with E-state index in [4.69, 9.17) is 16.3 Å². The summed E-state index contributed by atoms with van der Waals surface area (Å²) in [6.07, 6.45) is 3.46. The fourth-order valence-corrected chi connectivity index (χ4v) is 9.37. The van der Waals surface area contributed by atoms with Gasteiger partial charge in [-0.15, -0.1) is 0 Å². The number of para-hydroxylation sites is 1. The Balaban J connectivity index is 0.982. The average Bonchev–Trinajstić information content (AvgIpc) is 3.43. The zero-order valence-corrected chi connectivity index (χ0v) is 34.5. The Labute approximate surface area is 337 Å². The van der Waals surface area contributed by atoms with Crippen LogP contribution in [0.15, 0.2) is 65.3 Å². The van der Waals surface area contributed by atoms with E-state index >= 15 is 0 Å². The van der Waals surface area contributed by atoms with Crippen molar-refractivity contribution in [2.24, 2.45) is 0 Å². The zero-order chi connectivity index (χ0) is 39.9. The van der Waals surface area contributed by atoms with Crippen LogP contribution < -0.4 is 30.9 Å². The number of hydrogen-bond acceptors (Lipinski definition) is 12. The number of imide groups is 2. The van der Waals surface area contributed by atoms with Crippen molar-refractivity contribution < 1.29 is 28.5 Å². The number of benzene rings is 3. The highest BCUT2D eigenvalue weighted by molar-refractivity contribution is 9.10. The standard InChI is InChI=1S/C39H41BrClN8O6P/c1-47(21-22-9-11-25-33(34(22)40)38(53)49(37(25)52)29-13-14-32(50)45-36(29)51)23-15-17-48(18-16-23)24-10-12-27(30(19-24)55-2)44-39-42-20-26(41)35(46-39)43-28-7-5-6-8-31(28)56(3,4)54/h5-12,19-20,23,29H,13-18,21H2,1-4H3,(H,45,50,51)(H2,42,43,44,46). The minimum Gasteiger partial charge on any atom is -0.494 e. The topological polar surface area (TPSA) is 166 Å². The van der Waals surface area contributed by atoms with E-state index in [2.05, 4.69) is 58.7 Å². The highest BCUT2D eigenvalue weighted by Gasteiger charge is 2.46. The van der Waals surface area contributed by atoms with Crippen LogP contribution in [0, 0.1) is 0 Å². The molecular formula is C39H41BrClN8O6P. The van der Waals surface area contributed by atoms with E-state index in [1.165, 1.54) is 6.20 Å². The maximum absolute atomic E-state index is 13.5. The zero-order valence-electron chi connectivity index (χ0n) is 31.3. The van der Waals surface area contributed by atoms with Crippen molar-refractivity contribution in [3.63, 3.8) is 0 Å². The van der Waals surface area contributed by atoms with Crippen molar-refractivity contribution in [3.8, 4) is 5.75 Å². The third-order valence-corrected chi connectivity index (χ3v) is 13.1. The van der Waals surface area contributed by atoms with Gasteiger partial charge in [0, 0.05) is 53.6 Å². The predicted molar refractivity (Wildman–Crippen MR) is 220 cm³/mol. The van der Waals surface area contributed by atoms with Crippen LogP contribution in [0.1, 0.15) is 52.0 Å². The Morgan fingerprint density at radius 1 is 1.00 bits per heavy atom. The molecule has 3 aliphatic rings. The Bertz CT molecular complexity index is 2300. The molecule has 4 aromatic rings. The molecule has 1 aromatic heterocycles. The van der Waals surface area contributed by atoms with E-state index in [1.54, 1.807) is 26.5 Å². The minimum absolute atomic E-state index is 0.0664. The number of methoxy groups -OCH3 is 1. The molecule has 0 aliphatic carbocycles. The van der Waals surface area contributed by atoms with Crippen LogP contribution in [0.3, 0.4) is 0 Å². The van der Waals surface area contributed by atoms with Crippen LogP contribution in [-0.4, -0.2) is 96.1 Å². The van der Waals surface area contributed by atoms with Gasteiger partial charge in [-0.3, -0.25) is 34.3 Å². The molecule has 2 saturated heterocycles. The molecule has 3 N–H and O–H groups in total. The van der Waals surface area contributed by atoms with Crippen molar-refractivity contribution in [2.75, 3.05) is 56.1 Å². The van der Waals surface area contributed by atoms with Gasteiger partial charge in [-0.05, 0) is 91.5 Å². The second-order valence-corrected chi connectivity index (χ2v) is 18.8. The molecule has 2 fully saturated rings. The van der Waals surface area contributed by atoms with Gasteiger partial charge in [0.05, 0.1) is 35.8 Å². The Hall–Kier alpha value is -4.82. The third-order valence-electron chi connectivity index (χ3n) is 10.4. The van der Waals surface area contributed by atoms with Crippen LogP contribution in [0.4, 0.5) is 28.8 Å². The van der Waals surface area contributed by atoms with E-state index in [-0.39, 0.29) is 30.0 Å². The summed E-state index contributed by atoms with van der Waals surface area (Å²) in [5, 5.41) is 9.71. The van der Waals surface area contributed by atoms with E-state index in [1.807, 2.05) is 48.5 Å². The maximum atomic E-state index is 13.5. The second-order valence-electron chi connectivity index (χ2n) is 14.4. The first-order chi connectivity index (χ1) is 26.7. The first-order valence-electron chi connectivity index (χ1n) is 18.1. The van der Waals surface area contributed by atoms with Gasteiger partial charge in [0.15, 0.2) is 5.82 Å². The first kappa shape index (κ1) is 39.4. The summed E-state index contributed by atoms with van der Waals surface area (Å²) in [4.78, 5) is 65.4. The SMILES string of the molecule is COc1cc(N2CCC(N(C)Cc3ccc4c(c3Br)C(=O)N(C3CCC(=O)NC3=O)C4=O)CC2)ccc1Nc1ncc(Cl)c(Nc2ccccc2P(C)(C)=O)n1. The molecule has 17 heteroatoms. The lowest BCUT2D eigenvalue weighted by atomic mass is 10.0. The number of ether oxygens (including phenoxy) is 1. The van der Waals surface area contributed by atoms with Crippen LogP contribution in [0.5, 0.6) is 5.75 Å². The predicted octanol–water partition coefficient (Wildman–Crippen LogP) is 6.14. The molecule has 56 heavy (non-hydrogen) atoms. The van der Waals surface area contributed by atoms with Gasteiger partial charge in [0.2, 0.25) is 17.8 Å². The van der Waals surface area contributed by atoms with Gasteiger partial charge in [-0.2, -0.15) is 4.98 Å². The summed E-state index contributed by atoms with van der Waals surface area (Å²) in [7, 11) is 1.09. The number of anilines is 5. The van der Waals surface area contributed by atoms with Crippen LogP contribution in [0.25, 0.3) is 0 Å². The molecule has 3 aliphatic heterocycles. The van der Waals surface area contributed by atoms with Gasteiger partial charge < -0.3 is 24.8 Å². The Morgan fingerprint density at radius 3 is 2.46 bits per heavy atom. The van der Waals surface area contributed by atoms with Crippen molar-refractivity contribution in [3.05, 3.63) is 87.0 Å². The van der Waals surface area contributed by atoms with Crippen molar-refractivity contribution in [1.82, 2.24) is 25.1 Å². The van der Waals surface area contributed by atoms with Gasteiger partial charge in [0.1, 0.15) is 24.0 Å². The molecule has 4 amide bonds. The summed E-state index contributed by atoms with van der Waals surface area (Å²) in [6.45, 7) is 5.59. The minimum atomic E-state index is -2.57. The number of nitrogens with one attached hydrogen (secondary N) is 3. The molecule has 0 saturated carbocycles. The lowest BCUT2D eigenvalue weighted by Gasteiger charge is -2.38. The lowest BCUT2D eigenvalue weighted by Crippen LogP contribution is -2.54. The molecule has 0 spiro atoms. The van der Waals surface area contributed by atoms with Gasteiger partial charge in [0.25, 0.3) is 11.8 Å². The first-order valence-corrected chi connectivity index (χ1v) is 21.9. The second kappa shape index (κ2) is 16.0. The summed E-state index contributed by atoms with van der Waals surface area (Å²) in [5.74, 6) is -0.820. The quantitative estimate of drug-likeness (QED) is 0.117. The van der Waals surface area contributed by atoms with E-state index in [9.17, 15) is 23.7 Å². The summed E-state index contributed by atoms with van der Waals surface area (Å²) in [5.41, 5.74) is 3.70. The van der Waals surface area contributed by atoms with Crippen molar-refractivity contribution >= 4 is 92.4 Å². The molecule has 14 nitrogen and oxygen atoms in total. The number of aromatic nitrogens is 2. The number of nitrogens with zero attached hydrogens (tertiary/aromatic N) is 5. The fourth-order valence-electron chi connectivity index (χ4n) is 7.44. The van der Waals surface area contributed by atoms with Gasteiger partial charge >= 0.3 is 0 Å². The van der Waals surface area contributed by atoms with E-state index < -0.39 is 36.8 Å². The fraction of sp³-hybridized carbons (Fsp3) is 0.333. The monoisotopic (exact) mass is 862 g/mol. The molecule has 0 radical (unpaired) electrons. The summed E-state index contributed by atoms with van der Waals surface area (Å²) in [6, 6.07) is 16.1. The number of fused-ring (bicyclic) bond motifs is 1.